The van der Waals surface area contributed by atoms with E-state index in [1.807, 2.05) is 6.07 Å². The number of halogens is 2. The predicted octanol–water partition coefficient (Wildman–Crippen LogP) is 1.96. The number of nitriles is 1. The SMILES string of the molecule is N#CCC(=O)N1CCN(C(=O)COc2ccc(Cl)cc2Cl)CC1. The highest BCUT2D eigenvalue weighted by Gasteiger charge is 2.24. The minimum Gasteiger partial charge on any atom is -0.482 e. The molecule has 0 N–H and O–H groups in total. The van der Waals surface area contributed by atoms with E-state index in [0.29, 0.717) is 42.0 Å². The third-order valence-corrected chi connectivity index (χ3v) is 3.99. The highest BCUT2D eigenvalue weighted by Crippen LogP contribution is 2.27. The first kappa shape index (κ1) is 17.4. The summed E-state index contributed by atoms with van der Waals surface area (Å²) in [4.78, 5) is 26.9. The van der Waals surface area contributed by atoms with Gasteiger partial charge in [-0.25, -0.2) is 0 Å². The summed E-state index contributed by atoms with van der Waals surface area (Å²) in [5, 5.41) is 9.36. The Labute approximate surface area is 144 Å². The maximum atomic E-state index is 12.1. The first-order valence-corrected chi connectivity index (χ1v) is 7.77. The van der Waals surface area contributed by atoms with E-state index in [1.54, 1.807) is 28.0 Å². The van der Waals surface area contributed by atoms with Crippen molar-refractivity contribution in [2.45, 2.75) is 6.42 Å². The number of rotatable bonds is 4. The number of carbonyl (C=O) groups is 2. The van der Waals surface area contributed by atoms with Crippen LogP contribution in [0.25, 0.3) is 0 Å². The van der Waals surface area contributed by atoms with Crippen LogP contribution in [0.4, 0.5) is 0 Å². The van der Waals surface area contributed by atoms with Crippen LogP contribution < -0.4 is 4.74 Å². The third kappa shape index (κ3) is 4.75. The number of piperazine rings is 1. The van der Waals surface area contributed by atoms with Gasteiger partial charge in [-0.15, -0.1) is 0 Å². The van der Waals surface area contributed by atoms with Crippen molar-refractivity contribution in [3.63, 3.8) is 0 Å². The van der Waals surface area contributed by atoms with Crippen molar-refractivity contribution >= 4 is 35.0 Å². The van der Waals surface area contributed by atoms with Crippen LogP contribution in [-0.2, 0) is 9.59 Å². The van der Waals surface area contributed by atoms with E-state index in [-0.39, 0.29) is 24.8 Å². The summed E-state index contributed by atoms with van der Waals surface area (Å²) >= 11 is 11.8. The Bertz CT molecular complexity index is 637. The normalized spacial score (nSPS) is 14.3. The standard InChI is InChI=1S/C15H15Cl2N3O3/c16-11-1-2-13(12(17)9-11)23-10-15(22)20-7-5-19(6-8-20)14(21)3-4-18/h1-2,9H,3,5-8,10H2. The van der Waals surface area contributed by atoms with Gasteiger partial charge in [-0.2, -0.15) is 5.26 Å². The van der Waals surface area contributed by atoms with Gasteiger partial charge in [0.25, 0.3) is 5.91 Å². The van der Waals surface area contributed by atoms with E-state index in [2.05, 4.69) is 0 Å². The zero-order valence-corrected chi connectivity index (χ0v) is 13.8. The minimum absolute atomic E-state index is 0.131. The Morgan fingerprint density at radius 1 is 1.13 bits per heavy atom. The fourth-order valence-electron chi connectivity index (χ4n) is 2.21. The molecule has 0 radical (unpaired) electrons. The molecule has 2 rings (SSSR count). The van der Waals surface area contributed by atoms with Crippen LogP contribution in [0, 0.1) is 11.3 Å². The molecule has 0 aliphatic carbocycles. The van der Waals surface area contributed by atoms with Crippen molar-refractivity contribution in [3.05, 3.63) is 28.2 Å². The Hall–Kier alpha value is -1.97. The summed E-state index contributed by atoms with van der Waals surface area (Å²) in [6.07, 6.45) is -0.133. The molecule has 23 heavy (non-hydrogen) atoms. The fourth-order valence-corrected chi connectivity index (χ4v) is 2.67. The van der Waals surface area contributed by atoms with Crippen LogP contribution in [0.15, 0.2) is 18.2 Å². The summed E-state index contributed by atoms with van der Waals surface area (Å²) in [6, 6.07) is 6.62. The summed E-state index contributed by atoms with van der Waals surface area (Å²) in [6.45, 7) is 1.57. The molecule has 1 aromatic rings. The van der Waals surface area contributed by atoms with Gasteiger partial charge in [0.15, 0.2) is 6.61 Å². The summed E-state index contributed by atoms with van der Waals surface area (Å²) < 4.78 is 5.41. The molecule has 2 amide bonds. The molecule has 122 valence electrons. The summed E-state index contributed by atoms with van der Waals surface area (Å²) in [5.41, 5.74) is 0. The molecule has 0 aromatic heterocycles. The van der Waals surface area contributed by atoms with Gasteiger partial charge >= 0.3 is 0 Å². The molecular weight excluding hydrogens is 341 g/mol. The first-order chi connectivity index (χ1) is 11.0. The van der Waals surface area contributed by atoms with E-state index < -0.39 is 0 Å². The molecule has 0 unspecified atom stereocenters. The zero-order valence-electron chi connectivity index (χ0n) is 12.3. The average molecular weight is 356 g/mol. The number of nitrogens with zero attached hydrogens (tertiary/aromatic N) is 3. The number of hydrogen-bond acceptors (Lipinski definition) is 4. The van der Waals surface area contributed by atoms with Crippen LogP contribution in [0.2, 0.25) is 10.0 Å². The lowest BCUT2D eigenvalue weighted by molar-refractivity contribution is -0.140. The first-order valence-electron chi connectivity index (χ1n) is 7.01. The van der Waals surface area contributed by atoms with E-state index in [0.717, 1.165) is 0 Å². The molecule has 1 fully saturated rings. The second-order valence-corrected chi connectivity index (χ2v) is 5.80. The van der Waals surface area contributed by atoms with Crippen molar-refractivity contribution < 1.29 is 14.3 Å². The van der Waals surface area contributed by atoms with Gasteiger partial charge in [0, 0.05) is 31.2 Å². The van der Waals surface area contributed by atoms with Crippen molar-refractivity contribution in [1.29, 1.82) is 5.26 Å². The number of ether oxygens (including phenoxy) is 1. The van der Waals surface area contributed by atoms with Gasteiger partial charge in [-0.3, -0.25) is 9.59 Å². The fraction of sp³-hybridized carbons (Fsp3) is 0.400. The summed E-state index contributed by atoms with van der Waals surface area (Å²) in [5.74, 6) is 0.0134. The Morgan fingerprint density at radius 2 is 1.74 bits per heavy atom. The van der Waals surface area contributed by atoms with Crippen molar-refractivity contribution in [2.24, 2.45) is 0 Å². The highest BCUT2D eigenvalue weighted by atomic mass is 35.5. The second kappa shape index (κ2) is 8.04. The lowest BCUT2D eigenvalue weighted by Gasteiger charge is -2.34. The molecule has 6 nitrogen and oxygen atoms in total. The van der Waals surface area contributed by atoms with Crippen molar-refractivity contribution in [1.82, 2.24) is 9.80 Å². The number of benzene rings is 1. The Morgan fingerprint density at radius 3 is 2.30 bits per heavy atom. The molecule has 0 atom stereocenters. The second-order valence-electron chi connectivity index (χ2n) is 4.96. The van der Waals surface area contributed by atoms with Gasteiger partial charge < -0.3 is 14.5 Å². The van der Waals surface area contributed by atoms with Crippen LogP contribution in [-0.4, -0.2) is 54.4 Å². The smallest absolute Gasteiger partial charge is 0.260 e. The quantitative estimate of drug-likeness (QED) is 0.827. The Kier molecular flexibility index (Phi) is 6.08. The molecule has 0 saturated carbocycles. The average Bonchev–Trinajstić information content (AvgIpc) is 2.54. The van der Waals surface area contributed by atoms with E-state index in [1.165, 1.54) is 0 Å². The number of carbonyl (C=O) groups excluding carboxylic acids is 2. The molecule has 1 heterocycles. The molecule has 1 aromatic carbocycles. The van der Waals surface area contributed by atoms with Gasteiger partial charge in [0.2, 0.25) is 5.91 Å². The molecule has 1 aliphatic rings. The number of hydrogen-bond donors (Lipinski definition) is 0. The lowest BCUT2D eigenvalue weighted by Crippen LogP contribution is -2.51. The molecule has 1 aliphatic heterocycles. The van der Waals surface area contributed by atoms with Crippen molar-refractivity contribution in [2.75, 3.05) is 32.8 Å². The van der Waals surface area contributed by atoms with Gasteiger partial charge in [-0.05, 0) is 18.2 Å². The van der Waals surface area contributed by atoms with Gasteiger partial charge in [0.1, 0.15) is 12.2 Å². The molecule has 8 heteroatoms. The zero-order chi connectivity index (χ0) is 16.8. The minimum atomic E-state index is -0.205. The molecule has 1 saturated heterocycles. The predicted molar refractivity (Wildman–Crippen MR) is 85.3 cm³/mol. The van der Waals surface area contributed by atoms with Gasteiger partial charge in [-0.1, -0.05) is 23.2 Å². The van der Waals surface area contributed by atoms with Crippen LogP contribution >= 0.6 is 23.2 Å². The van der Waals surface area contributed by atoms with Crippen LogP contribution in [0.5, 0.6) is 5.75 Å². The maximum Gasteiger partial charge on any atom is 0.260 e. The molecule has 0 spiro atoms. The lowest BCUT2D eigenvalue weighted by atomic mass is 10.3. The summed E-state index contributed by atoms with van der Waals surface area (Å²) in [7, 11) is 0. The Balaban J connectivity index is 1.81. The van der Waals surface area contributed by atoms with E-state index >= 15 is 0 Å². The molecule has 0 bridgehead atoms. The van der Waals surface area contributed by atoms with E-state index in [9.17, 15) is 9.59 Å². The van der Waals surface area contributed by atoms with Crippen LogP contribution in [0.1, 0.15) is 6.42 Å². The van der Waals surface area contributed by atoms with Gasteiger partial charge in [0.05, 0.1) is 11.1 Å². The largest absolute Gasteiger partial charge is 0.482 e. The van der Waals surface area contributed by atoms with Crippen molar-refractivity contribution in [3.8, 4) is 11.8 Å². The maximum absolute atomic E-state index is 12.1. The van der Waals surface area contributed by atoms with E-state index in [4.69, 9.17) is 33.2 Å². The van der Waals surface area contributed by atoms with Crippen LogP contribution in [0.3, 0.4) is 0 Å². The number of amides is 2. The molecular formula is C15H15Cl2N3O3. The topological polar surface area (TPSA) is 73.6 Å². The third-order valence-electron chi connectivity index (χ3n) is 3.46. The highest BCUT2D eigenvalue weighted by molar-refractivity contribution is 6.35. The monoisotopic (exact) mass is 355 g/mol.